The highest BCUT2D eigenvalue weighted by atomic mass is 19.4. The number of para-hydroxylation sites is 3. The molecule has 4 amide bonds. The first-order chi connectivity index (χ1) is 25.2. The van der Waals surface area contributed by atoms with Crippen LogP contribution in [-0.2, 0) is 25.2 Å². The number of nitrogens with one attached hydrogen (secondary N) is 2. The number of carbonyl (C=O) groups is 2. The van der Waals surface area contributed by atoms with Crippen LogP contribution in [0.1, 0.15) is 65.8 Å². The van der Waals surface area contributed by atoms with Gasteiger partial charge in [-0.1, -0.05) is 30.3 Å². The zero-order valence-electron chi connectivity index (χ0n) is 29.2. The molecule has 7 rings (SSSR count). The molecule has 0 saturated carbocycles. The van der Waals surface area contributed by atoms with Crippen molar-refractivity contribution >= 4 is 28.8 Å². The second-order valence-corrected chi connectivity index (χ2v) is 14.2. The third-order valence-corrected chi connectivity index (χ3v) is 10.7. The number of anilines is 1. The number of benzene rings is 3. The lowest BCUT2D eigenvalue weighted by Gasteiger charge is -2.38. The summed E-state index contributed by atoms with van der Waals surface area (Å²) in [5, 5.41) is 5.96. The Hall–Kier alpha value is -4.79. The molecular weight excluding hydrogens is 700 g/mol. The Morgan fingerprint density at radius 2 is 1.47 bits per heavy atom. The fraction of sp³-hybridized carbons (Fsp3) is 0.447. The maximum atomic E-state index is 14.0. The fourth-order valence-electron chi connectivity index (χ4n) is 7.88. The van der Waals surface area contributed by atoms with Crippen LogP contribution in [0.25, 0.3) is 11.0 Å². The summed E-state index contributed by atoms with van der Waals surface area (Å²) < 4.78 is 85.5. The first-order valence-electron chi connectivity index (χ1n) is 17.9. The van der Waals surface area contributed by atoms with Gasteiger partial charge in [-0.3, -0.25) is 0 Å². The zero-order chi connectivity index (χ0) is 37.5. The third-order valence-electron chi connectivity index (χ3n) is 10.7. The molecule has 4 heterocycles. The quantitative estimate of drug-likeness (QED) is 0.197. The van der Waals surface area contributed by atoms with Crippen molar-refractivity contribution in [1.82, 2.24) is 29.6 Å². The van der Waals surface area contributed by atoms with Crippen LogP contribution < -0.4 is 10.6 Å². The van der Waals surface area contributed by atoms with E-state index >= 15 is 0 Å². The molecule has 2 fully saturated rings. The molecule has 9 nitrogen and oxygen atoms in total. The van der Waals surface area contributed by atoms with Crippen LogP contribution in [-0.4, -0.2) is 82.1 Å². The van der Waals surface area contributed by atoms with Gasteiger partial charge in [0.2, 0.25) is 0 Å². The number of amides is 4. The summed E-state index contributed by atoms with van der Waals surface area (Å²) in [4.78, 5) is 37.6. The third kappa shape index (κ3) is 7.94. The summed E-state index contributed by atoms with van der Waals surface area (Å²) >= 11 is 0. The maximum Gasteiger partial charge on any atom is 0.416 e. The lowest BCUT2D eigenvalue weighted by molar-refractivity contribution is -0.143. The molecule has 1 atom stereocenters. The molecular formula is C38H41F6N7O2. The lowest BCUT2D eigenvalue weighted by atomic mass is 9.98. The van der Waals surface area contributed by atoms with E-state index in [1.165, 1.54) is 0 Å². The molecule has 0 radical (unpaired) electrons. The van der Waals surface area contributed by atoms with Gasteiger partial charge in [-0.15, -0.1) is 0 Å². The second kappa shape index (κ2) is 14.6. The number of rotatable bonds is 6. The van der Waals surface area contributed by atoms with E-state index in [1.54, 1.807) is 15.9 Å². The van der Waals surface area contributed by atoms with Gasteiger partial charge >= 0.3 is 24.4 Å². The summed E-state index contributed by atoms with van der Waals surface area (Å²) in [7, 11) is 2.01. The maximum absolute atomic E-state index is 14.0. The van der Waals surface area contributed by atoms with E-state index in [2.05, 4.69) is 15.5 Å². The Morgan fingerprint density at radius 1 is 0.849 bits per heavy atom. The van der Waals surface area contributed by atoms with Gasteiger partial charge < -0.3 is 29.9 Å². The van der Waals surface area contributed by atoms with Gasteiger partial charge in [-0.25, -0.2) is 14.6 Å². The molecule has 0 bridgehead atoms. The van der Waals surface area contributed by atoms with Crippen LogP contribution in [0.5, 0.6) is 0 Å². The van der Waals surface area contributed by atoms with Crippen LogP contribution >= 0.6 is 0 Å². The van der Waals surface area contributed by atoms with Crippen molar-refractivity contribution in [2.45, 2.75) is 69.0 Å². The highest BCUT2D eigenvalue weighted by molar-refractivity contribution is 5.91. The number of aromatic nitrogens is 2. The predicted molar refractivity (Wildman–Crippen MR) is 187 cm³/mol. The molecule has 4 aromatic rings. The van der Waals surface area contributed by atoms with Gasteiger partial charge in [-0.2, -0.15) is 26.3 Å². The van der Waals surface area contributed by atoms with Crippen molar-refractivity contribution in [3.63, 3.8) is 0 Å². The van der Waals surface area contributed by atoms with E-state index in [0.717, 1.165) is 42.7 Å². The van der Waals surface area contributed by atoms with E-state index in [0.29, 0.717) is 62.4 Å². The van der Waals surface area contributed by atoms with Gasteiger partial charge in [0.1, 0.15) is 5.82 Å². The Morgan fingerprint density at radius 3 is 2.15 bits per heavy atom. The Labute approximate surface area is 302 Å². The molecule has 0 spiro atoms. The lowest BCUT2D eigenvalue weighted by Crippen LogP contribution is -2.52. The van der Waals surface area contributed by atoms with Gasteiger partial charge in [0, 0.05) is 37.4 Å². The first-order valence-corrected chi connectivity index (χ1v) is 17.9. The highest BCUT2D eigenvalue weighted by Gasteiger charge is 2.38. The number of fused-ring (bicyclic) bond motifs is 2. The van der Waals surface area contributed by atoms with Gasteiger partial charge in [0.15, 0.2) is 0 Å². The molecule has 0 aliphatic carbocycles. The smallest absolute Gasteiger partial charge is 0.328 e. The molecule has 15 heteroatoms. The van der Waals surface area contributed by atoms with Crippen molar-refractivity contribution in [1.29, 1.82) is 0 Å². The van der Waals surface area contributed by atoms with Crippen LogP contribution in [0.3, 0.4) is 0 Å². The van der Waals surface area contributed by atoms with Crippen molar-refractivity contribution in [3.8, 4) is 0 Å². The molecule has 2 saturated heterocycles. The van der Waals surface area contributed by atoms with Gasteiger partial charge in [0.05, 0.1) is 28.2 Å². The fourth-order valence-corrected chi connectivity index (χ4v) is 7.88. The van der Waals surface area contributed by atoms with Crippen molar-refractivity contribution in [2.75, 3.05) is 45.1 Å². The predicted octanol–water partition coefficient (Wildman–Crippen LogP) is 7.89. The molecule has 1 aromatic heterocycles. The summed E-state index contributed by atoms with van der Waals surface area (Å²) in [5.41, 5.74) is 0.136. The Balaban J connectivity index is 1.17. The molecule has 282 valence electrons. The van der Waals surface area contributed by atoms with Crippen LogP contribution in [0, 0.1) is 0 Å². The van der Waals surface area contributed by atoms with Crippen molar-refractivity contribution < 1.29 is 35.9 Å². The number of piperidine rings is 2. The van der Waals surface area contributed by atoms with Gasteiger partial charge in [0.25, 0.3) is 0 Å². The van der Waals surface area contributed by atoms with E-state index in [4.69, 9.17) is 4.98 Å². The number of urea groups is 2. The molecule has 1 unspecified atom stereocenters. The average molecular weight is 742 g/mol. The van der Waals surface area contributed by atoms with Gasteiger partial charge in [-0.05, 0) is 106 Å². The van der Waals surface area contributed by atoms with E-state index in [1.807, 2.05) is 54.1 Å². The number of hydrogen-bond donors (Lipinski definition) is 2. The first kappa shape index (κ1) is 36.6. The Kier molecular flexibility index (Phi) is 10.0. The Bertz CT molecular complexity index is 1930. The van der Waals surface area contributed by atoms with Crippen LogP contribution in [0.15, 0.2) is 66.7 Å². The van der Waals surface area contributed by atoms with E-state index in [9.17, 15) is 35.9 Å². The molecule has 3 aromatic carbocycles. The topological polar surface area (TPSA) is 85.7 Å². The standard InChI is InChI=1S/C38H41F6N7O2/c1-48-15-11-29(12-16-48)51-33-9-5-4-8-31(33)45-34(51)32(22-24-20-26(37(39,40)41)23-27(21-24)38(42,43)44)47-35(52)49-17-13-28(14-18-49)50-19-10-25-6-2-3-7-30(25)46-36(50)53/h2-9,20-21,23,28-29,32H,10-19,22H2,1H3,(H,46,53)(H,47,52). The normalized spacial score (nSPS) is 18.8. The van der Waals surface area contributed by atoms with Crippen molar-refractivity contribution in [3.05, 3.63) is 94.8 Å². The summed E-state index contributed by atoms with van der Waals surface area (Å²) in [6, 6.07) is 14.6. The minimum absolute atomic E-state index is 0.0538. The van der Waals surface area contributed by atoms with Crippen LogP contribution in [0.2, 0.25) is 0 Å². The number of nitrogens with zero attached hydrogens (tertiary/aromatic N) is 5. The monoisotopic (exact) mass is 741 g/mol. The number of imidazole rings is 1. The molecule has 53 heavy (non-hydrogen) atoms. The van der Waals surface area contributed by atoms with Crippen LogP contribution in [0.4, 0.5) is 41.6 Å². The molecule has 3 aliphatic heterocycles. The summed E-state index contributed by atoms with van der Waals surface area (Å²) in [6.45, 7) is 2.69. The minimum atomic E-state index is -5.02. The number of carbonyl (C=O) groups excluding carboxylic acids is 2. The number of hydrogen-bond acceptors (Lipinski definition) is 4. The van der Waals surface area contributed by atoms with Crippen molar-refractivity contribution in [2.24, 2.45) is 0 Å². The molecule has 2 N–H and O–H groups in total. The average Bonchev–Trinajstić information content (AvgIpc) is 3.42. The number of likely N-dealkylation sites (tertiary alicyclic amines) is 2. The second-order valence-electron chi connectivity index (χ2n) is 14.2. The summed E-state index contributed by atoms with van der Waals surface area (Å²) in [6.07, 6.45) is -7.23. The summed E-state index contributed by atoms with van der Waals surface area (Å²) in [5.74, 6) is 0.371. The minimum Gasteiger partial charge on any atom is -0.328 e. The SMILES string of the molecule is CN1CCC(n2c(C(Cc3cc(C(F)(F)F)cc(C(F)(F)F)c3)NC(=O)N3CCC(N4CCc5ccccc5NC4=O)CC3)nc3ccccc32)CC1. The highest BCUT2D eigenvalue weighted by Crippen LogP contribution is 2.38. The number of alkyl halides is 6. The number of halogens is 6. The largest absolute Gasteiger partial charge is 0.416 e. The zero-order valence-corrected chi connectivity index (χ0v) is 29.2. The van der Waals surface area contributed by atoms with E-state index in [-0.39, 0.29) is 36.2 Å². The molecule has 3 aliphatic rings. The van der Waals surface area contributed by atoms with E-state index < -0.39 is 35.6 Å².